The van der Waals surface area contributed by atoms with Gasteiger partial charge >= 0.3 is 0 Å². The van der Waals surface area contributed by atoms with Crippen molar-refractivity contribution in [1.29, 1.82) is 0 Å². The van der Waals surface area contributed by atoms with Crippen molar-refractivity contribution in [1.82, 2.24) is 0 Å². The summed E-state index contributed by atoms with van der Waals surface area (Å²) < 4.78 is 2.36. The minimum atomic E-state index is 0.103. The molecule has 0 aromatic heterocycles. The molecular formula is C16H20I2. The van der Waals surface area contributed by atoms with Crippen molar-refractivity contribution in [3.05, 3.63) is 57.3 Å². The SMILES string of the molecule is C=CC1=C(/C=C\CI)C/C(=C\C(I)=C/C)C1(C)C. The zero-order chi connectivity index (χ0) is 13.8. The van der Waals surface area contributed by atoms with Gasteiger partial charge in [-0.3, -0.25) is 0 Å². The molecule has 0 saturated carbocycles. The average molecular weight is 466 g/mol. The van der Waals surface area contributed by atoms with Gasteiger partial charge in [-0.05, 0) is 53.2 Å². The van der Waals surface area contributed by atoms with Crippen molar-refractivity contribution in [2.45, 2.75) is 27.2 Å². The van der Waals surface area contributed by atoms with Gasteiger partial charge in [-0.15, -0.1) is 0 Å². The van der Waals surface area contributed by atoms with Gasteiger partial charge in [-0.25, -0.2) is 0 Å². The Kier molecular flexibility index (Phi) is 6.38. The summed E-state index contributed by atoms with van der Waals surface area (Å²) in [6.07, 6.45) is 12.0. The highest BCUT2D eigenvalue weighted by molar-refractivity contribution is 14.1. The maximum atomic E-state index is 3.99. The maximum absolute atomic E-state index is 3.99. The molecule has 0 aromatic rings. The summed E-state index contributed by atoms with van der Waals surface area (Å²) in [5.74, 6) is 0. The first kappa shape index (κ1) is 16.2. The summed E-state index contributed by atoms with van der Waals surface area (Å²) in [5, 5.41) is 0. The second-order valence-electron chi connectivity index (χ2n) is 4.84. The van der Waals surface area contributed by atoms with E-state index in [1.807, 2.05) is 6.08 Å². The first-order chi connectivity index (χ1) is 8.47. The summed E-state index contributed by atoms with van der Waals surface area (Å²) in [4.78, 5) is 0. The predicted octanol–water partition coefficient (Wildman–Crippen LogP) is 6.16. The Morgan fingerprint density at radius 3 is 2.61 bits per heavy atom. The molecule has 0 bridgehead atoms. The number of rotatable bonds is 4. The van der Waals surface area contributed by atoms with Crippen LogP contribution in [0.1, 0.15) is 27.2 Å². The lowest BCUT2D eigenvalue weighted by Gasteiger charge is -2.23. The van der Waals surface area contributed by atoms with E-state index < -0.39 is 0 Å². The molecule has 0 N–H and O–H groups in total. The Hall–Kier alpha value is 0.160. The first-order valence-corrected chi connectivity index (χ1v) is 8.69. The second kappa shape index (κ2) is 7.08. The minimum absolute atomic E-state index is 0.103. The van der Waals surface area contributed by atoms with E-state index in [1.54, 1.807) is 0 Å². The summed E-state index contributed by atoms with van der Waals surface area (Å²) in [5.41, 5.74) is 4.37. The lowest BCUT2D eigenvalue weighted by Crippen LogP contribution is -2.11. The monoisotopic (exact) mass is 466 g/mol. The standard InChI is InChI=1S/C16H20I2/c1-5-14(18)11-13-10-12(8-7-9-17)15(6-2)16(13,3)4/h5-8,11H,2,9-10H2,1,3-4H3/b8-7-,13-11+,14-5+. The van der Waals surface area contributed by atoms with Gasteiger partial charge in [-0.2, -0.15) is 0 Å². The van der Waals surface area contributed by atoms with Gasteiger partial charge in [0.25, 0.3) is 0 Å². The normalized spacial score (nSPS) is 22.3. The van der Waals surface area contributed by atoms with E-state index in [0.717, 1.165) is 10.8 Å². The third kappa shape index (κ3) is 3.59. The number of hydrogen-bond donors (Lipinski definition) is 0. The number of alkyl halides is 1. The molecule has 98 valence electrons. The fraction of sp³-hybridized carbons (Fsp3) is 0.375. The van der Waals surface area contributed by atoms with Gasteiger partial charge in [0.15, 0.2) is 0 Å². The molecule has 0 atom stereocenters. The molecule has 0 amide bonds. The molecule has 2 heteroatoms. The Labute approximate surface area is 138 Å². The highest BCUT2D eigenvalue weighted by atomic mass is 127. The van der Waals surface area contributed by atoms with E-state index in [1.165, 1.54) is 20.3 Å². The largest absolute Gasteiger partial charge is 0.0987 e. The van der Waals surface area contributed by atoms with Gasteiger partial charge in [0.1, 0.15) is 0 Å². The summed E-state index contributed by atoms with van der Waals surface area (Å²) >= 11 is 4.76. The molecule has 1 rings (SSSR count). The van der Waals surface area contributed by atoms with Gasteiger partial charge < -0.3 is 0 Å². The Balaban J connectivity index is 3.19. The van der Waals surface area contributed by atoms with Crippen LogP contribution in [0, 0.1) is 5.41 Å². The van der Waals surface area contributed by atoms with Crippen LogP contribution < -0.4 is 0 Å². The fourth-order valence-electron chi connectivity index (χ4n) is 2.30. The molecule has 18 heavy (non-hydrogen) atoms. The molecule has 0 heterocycles. The molecule has 1 aliphatic rings. The van der Waals surface area contributed by atoms with Crippen molar-refractivity contribution in [3.63, 3.8) is 0 Å². The third-order valence-corrected chi connectivity index (χ3v) is 4.85. The number of halogens is 2. The van der Waals surface area contributed by atoms with Crippen molar-refractivity contribution in [3.8, 4) is 0 Å². The van der Waals surface area contributed by atoms with Gasteiger partial charge in [0.2, 0.25) is 0 Å². The van der Waals surface area contributed by atoms with Gasteiger partial charge in [0, 0.05) is 13.4 Å². The zero-order valence-corrected chi connectivity index (χ0v) is 15.6. The van der Waals surface area contributed by atoms with Gasteiger partial charge in [0.05, 0.1) is 0 Å². The molecule has 0 unspecified atom stereocenters. The zero-order valence-electron chi connectivity index (χ0n) is 11.3. The van der Waals surface area contributed by atoms with E-state index in [9.17, 15) is 0 Å². The second-order valence-corrected chi connectivity index (χ2v) is 6.97. The average Bonchev–Trinajstić information content (AvgIpc) is 2.57. The van der Waals surface area contributed by atoms with Crippen LogP contribution in [0.25, 0.3) is 0 Å². The molecule has 0 saturated heterocycles. The van der Waals surface area contributed by atoms with Crippen molar-refractivity contribution >= 4 is 45.2 Å². The van der Waals surface area contributed by atoms with Crippen LogP contribution in [0.4, 0.5) is 0 Å². The maximum Gasteiger partial charge on any atom is 0.0179 e. The molecule has 0 spiro atoms. The summed E-state index contributed by atoms with van der Waals surface area (Å²) in [6.45, 7) is 10.7. The number of allylic oxidation sites excluding steroid dienone is 9. The topological polar surface area (TPSA) is 0 Å². The molecular weight excluding hydrogens is 446 g/mol. The Morgan fingerprint density at radius 1 is 1.44 bits per heavy atom. The fourth-order valence-corrected chi connectivity index (χ4v) is 2.93. The molecule has 0 aliphatic heterocycles. The van der Waals surface area contributed by atoms with Crippen molar-refractivity contribution in [2.24, 2.45) is 5.41 Å². The van der Waals surface area contributed by atoms with E-state index >= 15 is 0 Å². The van der Waals surface area contributed by atoms with E-state index in [0.29, 0.717) is 0 Å². The van der Waals surface area contributed by atoms with Crippen LogP contribution >= 0.6 is 45.2 Å². The summed E-state index contributed by atoms with van der Waals surface area (Å²) in [6, 6.07) is 0. The van der Waals surface area contributed by atoms with Crippen LogP contribution in [0.3, 0.4) is 0 Å². The summed E-state index contributed by atoms with van der Waals surface area (Å²) in [7, 11) is 0. The Morgan fingerprint density at radius 2 is 2.11 bits per heavy atom. The minimum Gasteiger partial charge on any atom is -0.0987 e. The smallest absolute Gasteiger partial charge is 0.0179 e. The molecule has 0 nitrogen and oxygen atoms in total. The molecule has 0 fully saturated rings. The third-order valence-electron chi connectivity index (χ3n) is 3.40. The van der Waals surface area contributed by atoms with Crippen LogP contribution in [0.2, 0.25) is 0 Å². The van der Waals surface area contributed by atoms with Gasteiger partial charge in [-0.1, -0.05) is 72.9 Å². The lowest BCUT2D eigenvalue weighted by molar-refractivity contribution is 0.567. The van der Waals surface area contributed by atoms with Crippen molar-refractivity contribution < 1.29 is 0 Å². The van der Waals surface area contributed by atoms with Crippen LogP contribution in [-0.4, -0.2) is 4.43 Å². The van der Waals surface area contributed by atoms with E-state index in [2.05, 4.69) is 96.8 Å². The van der Waals surface area contributed by atoms with Crippen LogP contribution in [-0.2, 0) is 0 Å². The quantitative estimate of drug-likeness (QED) is 0.344. The number of hydrogen-bond acceptors (Lipinski definition) is 0. The molecule has 0 aromatic carbocycles. The van der Waals surface area contributed by atoms with Crippen LogP contribution in [0.5, 0.6) is 0 Å². The molecule has 1 aliphatic carbocycles. The Bertz CT molecular complexity index is 446. The lowest BCUT2D eigenvalue weighted by atomic mass is 9.81. The molecule has 0 radical (unpaired) electrons. The van der Waals surface area contributed by atoms with E-state index in [-0.39, 0.29) is 5.41 Å². The van der Waals surface area contributed by atoms with Crippen LogP contribution in [0.15, 0.2) is 57.3 Å². The first-order valence-electron chi connectivity index (χ1n) is 6.08. The van der Waals surface area contributed by atoms with Crippen molar-refractivity contribution in [2.75, 3.05) is 4.43 Å². The van der Waals surface area contributed by atoms with E-state index in [4.69, 9.17) is 0 Å². The predicted molar refractivity (Wildman–Crippen MR) is 99.5 cm³/mol. The highest BCUT2D eigenvalue weighted by Crippen LogP contribution is 2.48. The highest BCUT2D eigenvalue weighted by Gasteiger charge is 2.34.